The summed E-state index contributed by atoms with van der Waals surface area (Å²) in [7, 11) is 0. The number of phenolic OH excluding ortho intramolecular Hbond substituents is 2. The van der Waals surface area contributed by atoms with E-state index in [0.717, 1.165) is 16.8 Å². The number of aromatic nitrogens is 2. The number of benzene rings is 4. The van der Waals surface area contributed by atoms with Crippen molar-refractivity contribution in [3.8, 4) is 22.6 Å². The Morgan fingerprint density at radius 2 is 1.65 bits per heavy atom. The first-order chi connectivity index (χ1) is 24.9. The molecule has 1 aromatic heterocycles. The minimum absolute atomic E-state index is 0.00281. The Labute approximate surface area is 299 Å². The van der Waals surface area contributed by atoms with Crippen LogP contribution in [-0.2, 0) is 29.0 Å². The van der Waals surface area contributed by atoms with Gasteiger partial charge in [-0.15, -0.1) is 0 Å². The summed E-state index contributed by atoms with van der Waals surface area (Å²) in [5, 5.41) is 31.2. The zero-order chi connectivity index (χ0) is 36.9. The molecule has 0 saturated carbocycles. The van der Waals surface area contributed by atoms with E-state index >= 15 is 0 Å². The van der Waals surface area contributed by atoms with Crippen molar-refractivity contribution in [2.75, 3.05) is 29.4 Å². The van der Waals surface area contributed by atoms with E-state index in [-0.39, 0.29) is 48.3 Å². The molecule has 12 nitrogen and oxygen atoms in total. The summed E-state index contributed by atoms with van der Waals surface area (Å²) in [4.78, 5) is 44.4. The molecule has 1 saturated heterocycles. The van der Waals surface area contributed by atoms with Crippen LogP contribution < -0.4 is 21.3 Å². The van der Waals surface area contributed by atoms with Gasteiger partial charge in [0.25, 0.3) is 0 Å². The molecule has 1 aliphatic rings. The molecule has 1 unspecified atom stereocenters. The van der Waals surface area contributed by atoms with Crippen molar-refractivity contribution in [2.45, 2.75) is 38.3 Å². The molecule has 1 fully saturated rings. The van der Waals surface area contributed by atoms with E-state index in [1.54, 1.807) is 65.5 Å². The van der Waals surface area contributed by atoms with Crippen molar-refractivity contribution in [1.82, 2.24) is 9.55 Å². The standard InChI is InChI=1S/C39H39FN6O6/c40-28-6-4-24(5-7-28)16-34-36(20-38(42)50)45(23-43-34)21-25-14-27(18-32(48)15-25)33-10-9-31(47)19-35(33)46-13-12-44(22-30(46)8-11-37(41)49)29-3-1-2-26(17-29)39(51)52/h1-7,9-10,14-15,17-19,23,30,47-48H,8,11-13,16,20-22H2,(H2,41,49)(H2,42,50)(H,51,52). The van der Waals surface area contributed by atoms with E-state index in [9.17, 15) is 34.1 Å². The molecule has 1 atom stereocenters. The SMILES string of the molecule is NC(=O)CCC1CN(c2cccc(C(=O)O)c2)CCN1c1cc(O)ccc1-c1cc(O)cc(Cn2cnc(Cc3ccc(F)cc3)c2CC(N)=O)c1. The number of primary amides is 2. The Kier molecular flexibility index (Phi) is 10.4. The fraction of sp³-hybridized carbons (Fsp3) is 0.231. The normalized spacial score (nSPS) is 14.4. The summed E-state index contributed by atoms with van der Waals surface area (Å²) in [6, 6.07) is 22.7. The minimum atomic E-state index is -1.02. The average molecular weight is 707 g/mol. The highest BCUT2D eigenvalue weighted by Gasteiger charge is 2.30. The van der Waals surface area contributed by atoms with E-state index in [4.69, 9.17) is 11.5 Å². The van der Waals surface area contributed by atoms with Gasteiger partial charge in [-0.05, 0) is 83.8 Å². The van der Waals surface area contributed by atoms with E-state index < -0.39 is 17.8 Å². The summed E-state index contributed by atoms with van der Waals surface area (Å²) < 4.78 is 15.3. The molecule has 13 heteroatoms. The second-order valence-electron chi connectivity index (χ2n) is 13.0. The van der Waals surface area contributed by atoms with Gasteiger partial charge >= 0.3 is 5.97 Å². The fourth-order valence-corrected chi connectivity index (χ4v) is 6.82. The van der Waals surface area contributed by atoms with Gasteiger partial charge in [0.2, 0.25) is 11.8 Å². The highest BCUT2D eigenvalue weighted by atomic mass is 19.1. The lowest BCUT2D eigenvalue weighted by Gasteiger charge is -2.44. The molecule has 6 rings (SSSR count). The third-order valence-electron chi connectivity index (χ3n) is 9.26. The average Bonchev–Trinajstić information content (AvgIpc) is 3.46. The molecule has 1 aliphatic heterocycles. The Morgan fingerprint density at radius 3 is 2.38 bits per heavy atom. The molecular formula is C39H39FN6O6. The molecular weight excluding hydrogens is 667 g/mol. The molecule has 268 valence electrons. The van der Waals surface area contributed by atoms with E-state index in [1.807, 2.05) is 12.1 Å². The van der Waals surface area contributed by atoms with E-state index in [2.05, 4.69) is 14.8 Å². The van der Waals surface area contributed by atoms with Crippen LogP contribution in [0.3, 0.4) is 0 Å². The maximum atomic E-state index is 13.5. The second kappa shape index (κ2) is 15.3. The number of amides is 2. The van der Waals surface area contributed by atoms with Crippen LogP contribution in [0.2, 0.25) is 0 Å². The van der Waals surface area contributed by atoms with Gasteiger partial charge in [-0.25, -0.2) is 14.2 Å². The molecule has 5 aromatic rings. The van der Waals surface area contributed by atoms with Gasteiger partial charge < -0.3 is 41.2 Å². The molecule has 2 amide bonds. The number of anilines is 2. The summed E-state index contributed by atoms with van der Waals surface area (Å²) in [5.41, 5.74) is 16.9. The maximum Gasteiger partial charge on any atom is 0.335 e. The first kappa shape index (κ1) is 35.5. The topological polar surface area (TPSA) is 188 Å². The lowest BCUT2D eigenvalue weighted by atomic mass is 9.97. The number of nitrogens with zero attached hydrogens (tertiary/aromatic N) is 4. The number of hydrogen-bond donors (Lipinski definition) is 5. The summed E-state index contributed by atoms with van der Waals surface area (Å²) in [6.45, 7) is 1.72. The number of carboxylic acid groups (broad SMARTS) is 1. The molecule has 4 aromatic carbocycles. The zero-order valence-corrected chi connectivity index (χ0v) is 28.3. The number of nitrogens with two attached hydrogens (primary N) is 2. The smallest absolute Gasteiger partial charge is 0.335 e. The Balaban J connectivity index is 1.32. The number of piperazine rings is 1. The van der Waals surface area contributed by atoms with Crippen molar-refractivity contribution < 1.29 is 34.1 Å². The van der Waals surface area contributed by atoms with Gasteiger partial charge in [0.05, 0.1) is 29.7 Å². The predicted octanol–water partition coefficient (Wildman–Crippen LogP) is 4.43. The molecule has 0 bridgehead atoms. The van der Waals surface area contributed by atoms with Gasteiger partial charge in [0, 0.05) is 68.1 Å². The van der Waals surface area contributed by atoms with Gasteiger partial charge in [0.1, 0.15) is 17.3 Å². The Morgan fingerprint density at radius 1 is 0.865 bits per heavy atom. The lowest BCUT2D eigenvalue weighted by Crippen LogP contribution is -2.54. The molecule has 2 heterocycles. The first-order valence-corrected chi connectivity index (χ1v) is 16.8. The molecule has 0 spiro atoms. The molecule has 0 radical (unpaired) electrons. The minimum Gasteiger partial charge on any atom is -0.508 e. The van der Waals surface area contributed by atoms with E-state index in [0.29, 0.717) is 60.7 Å². The number of phenols is 2. The van der Waals surface area contributed by atoms with Crippen LogP contribution in [0.15, 0.2) is 91.3 Å². The van der Waals surface area contributed by atoms with Gasteiger partial charge in [0.15, 0.2) is 0 Å². The quantitative estimate of drug-likeness (QED) is 0.118. The van der Waals surface area contributed by atoms with Crippen LogP contribution in [0.4, 0.5) is 15.8 Å². The first-order valence-electron chi connectivity index (χ1n) is 16.8. The number of aromatic hydroxyl groups is 2. The number of rotatable bonds is 13. The molecule has 7 N–H and O–H groups in total. The number of aromatic carboxylic acids is 1. The summed E-state index contributed by atoms with van der Waals surface area (Å²) in [5.74, 6) is -2.32. The van der Waals surface area contributed by atoms with Crippen LogP contribution in [0.25, 0.3) is 11.1 Å². The second-order valence-corrected chi connectivity index (χ2v) is 13.0. The largest absolute Gasteiger partial charge is 0.508 e. The van der Waals surface area contributed by atoms with Crippen LogP contribution in [0.5, 0.6) is 11.5 Å². The van der Waals surface area contributed by atoms with Crippen LogP contribution in [0.1, 0.15) is 45.7 Å². The lowest BCUT2D eigenvalue weighted by molar-refractivity contribution is -0.118. The third kappa shape index (κ3) is 8.32. The summed E-state index contributed by atoms with van der Waals surface area (Å²) >= 11 is 0. The van der Waals surface area contributed by atoms with Gasteiger partial charge in [-0.2, -0.15) is 0 Å². The highest BCUT2D eigenvalue weighted by Crippen LogP contribution is 2.39. The number of imidazole rings is 1. The monoisotopic (exact) mass is 706 g/mol. The number of carbonyl (C=O) groups excluding carboxylic acids is 2. The van der Waals surface area contributed by atoms with Gasteiger partial charge in [-0.1, -0.05) is 18.2 Å². The van der Waals surface area contributed by atoms with Crippen molar-refractivity contribution in [3.63, 3.8) is 0 Å². The zero-order valence-electron chi connectivity index (χ0n) is 28.3. The summed E-state index contributed by atoms with van der Waals surface area (Å²) in [6.07, 6.45) is 2.45. The van der Waals surface area contributed by atoms with Crippen molar-refractivity contribution >= 4 is 29.2 Å². The Bertz CT molecular complexity index is 2120. The Hall–Kier alpha value is -6.37. The molecule has 52 heavy (non-hydrogen) atoms. The highest BCUT2D eigenvalue weighted by molar-refractivity contribution is 5.89. The van der Waals surface area contributed by atoms with E-state index in [1.165, 1.54) is 18.2 Å². The fourth-order valence-electron chi connectivity index (χ4n) is 6.82. The predicted molar refractivity (Wildman–Crippen MR) is 194 cm³/mol. The number of carboxylic acids is 1. The van der Waals surface area contributed by atoms with Crippen LogP contribution >= 0.6 is 0 Å². The van der Waals surface area contributed by atoms with Crippen LogP contribution in [0, 0.1) is 5.82 Å². The van der Waals surface area contributed by atoms with Crippen molar-refractivity contribution in [2.24, 2.45) is 11.5 Å². The van der Waals surface area contributed by atoms with Gasteiger partial charge in [-0.3, -0.25) is 9.59 Å². The number of carbonyl (C=O) groups is 3. The maximum absolute atomic E-state index is 13.5. The van der Waals surface area contributed by atoms with Crippen LogP contribution in [-0.4, -0.2) is 68.3 Å². The number of halogens is 1. The van der Waals surface area contributed by atoms with Crippen molar-refractivity contribution in [3.05, 3.63) is 125 Å². The molecule has 0 aliphatic carbocycles. The number of hydrogen-bond acceptors (Lipinski definition) is 8. The van der Waals surface area contributed by atoms with Crippen molar-refractivity contribution in [1.29, 1.82) is 0 Å². The third-order valence-corrected chi connectivity index (χ3v) is 9.26.